The second kappa shape index (κ2) is 3.34. The summed E-state index contributed by atoms with van der Waals surface area (Å²) in [7, 11) is 1.91. The molecule has 0 aliphatic rings. The molecule has 0 aliphatic carbocycles. The molecule has 0 spiro atoms. The summed E-state index contributed by atoms with van der Waals surface area (Å²) < 4.78 is 1.27. The highest BCUT2D eigenvalue weighted by atomic mass is 32.1. The number of anilines is 1. The fourth-order valence-corrected chi connectivity index (χ4v) is 2.27. The van der Waals surface area contributed by atoms with E-state index in [1.807, 2.05) is 7.05 Å². The van der Waals surface area contributed by atoms with Gasteiger partial charge in [-0.05, 0) is 18.1 Å². The standard InChI is InChI=1S/C10H12N2S/c1-3-7-5-4-6-8-9(7)12-10(11-2)13-8/h4-6H,3H2,1-2H3,(H,11,12). The average molecular weight is 192 g/mol. The van der Waals surface area contributed by atoms with Gasteiger partial charge in [0.25, 0.3) is 0 Å². The van der Waals surface area contributed by atoms with E-state index in [-0.39, 0.29) is 0 Å². The molecule has 0 radical (unpaired) electrons. The van der Waals surface area contributed by atoms with E-state index in [1.54, 1.807) is 11.3 Å². The van der Waals surface area contributed by atoms with E-state index in [1.165, 1.54) is 10.3 Å². The largest absolute Gasteiger partial charge is 0.365 e. The first-order chi connectivity index (χ1) is 6.35. The number of rotatable bonds is 2. The Labute approximate surface area is 81.6 Å². The van der Waals surface area contributed by atoms with Gasteiger partial charge in [0.2, 0.25) is 0 Å². The van der Waals surface area contributed by atoms with Crippen molar-refractivity contribution in [2.45, 2.75) is 13.3 Å². The molecular weight excluding hydrogens is 180 g/mol. The molecule has 1 N–H and O–H groups in total. The summed E-state index contributed by atoms with van der Waals surface area (Å²) in [6.07, 6.45) is 1.05. The summed E-state index contributed by atoms with van der Waals surface area (Å²) in [5.74, 6) is 0. The molecule has 3 heteroatoms. The van der Waals surface area contributed by atoms with Crippen LogP contribution in [-0.4, -0.2) is 12.0 Å². The van der Waals surface area contributed by atoms with E-state index in [4.69, 9.17) is 0 Å². The summed E-state index contributed by atoms with van der Waals surface area (Å²) in [6, 6.07) is 6.35. The van der Waals surface area contributed by atoms with Crippen molar-refractivity contribution in [1.29, 1.82) is 0 Å². The van der Waals surface area contributed by atoms with Gasteiger partial charge in [0.1, 0.15) is 0 Å². The van der Waals surface area contributed by atoms with E-state index >= 15 is 0 Å². The fraction of sp³-hybridized carbons (Fsp3) is 0.300. The van der Waals surface area contributed by atoms with Gasteiger partial charge in [-0.25, -0.2) is 4.98 Å². The van der Waals surface area contributed by atoms with Gasteiger partial charge in [-0.2, -0.15) is 0 Å². The molecule has 0 fully saturated rings. The van der Waals surface area contributed by atoms with Crippen molar-refractivity contribution < 1.29 is 0 Å². The summed E-state index contributed by atoms with van der Waals surface area (Å²) in [6.45, 7) is 2.16. The zero-order valence-electron chi connectivity index (χ0n) is 7.79. The Morgan fingerprint density at radius 2 is 2.31 bits per heavy atom. The van der Waals surface area contributed by atoms with Crippen LogP contribution < -0.4 is 5.32 Å². The molecule has 2 nitrogen and oxygen atoms in total. The van der Waals surface area contributed by atoms with Crippen LogP contribution in [-0.2, 0) is 6.42 Å². The van der Waals surface area contributed by atoms with E-state index in [0.717, 1.165) is 17.1 Å². The smallest absolute Gasteiger partial charge is 0.183 e. The summed E-state index contributed by atoms with van der Waals surface area (Å²) in [5.41, 5.74) is 2.48. The Morgan fingerprint density at radius 3 is 3.00 bits per heavy atom. The van der Waals surface area contributed by atoms with Crippen LogP contribution in [0.4, 0.5) is 5.13 Å². The lowest BCUT2D eigenvalue weighted by molar-refractivity contribution is 1.15. The number of benzene rings is 1. The topological polar surface area (TPSA) is 24.9 Å². The Balaban J connectivity index is 2.67. The van der Waals surface area contributed by atoms with Crippen LogP contribution in [0.15, 0.2) is 18.2 Å². The Morgan fingerprint density at radius 1 is 1.46 bits per heavy atom. The van der Waals surface area contributed by atoms with Crippen molar-refractivity contribution in [1.82, 2.24) is 4.98 Å². The van der Waals surface area contributed by atoms with Crippen LogP contribution in [0.2, 0.25) is 0 Å². The van der Waals surface area contributed by atoms with E-state index < -0.39 is 0 Å². The third-order valence-corrected chi connectivity index (χ3v) is 3.14. The minimum absolute atomic E-state index is 0.996. The van der Waals surface area contributed by atoms with Gasteiger partial charge < -0.3 is 5.32 Å². The van der Waals surface area contributed by atoms with Crippen molar-refractivity contribution >= 4 is 26.7 Å². The second-order valence-electron chi connectivity index (χ2n) is 2.89. The molecule has 2 rings (SSSR count). The number of fused-ring (bicyclic) bond motifs is 1. The van der Waals surface area contributed by atoms with Crippen LogP contribution in [0.3, 0.4) is 0 Å². The van der Waals surface area contributed by atoms with Crippen LogP contribution in [0.1, 0.15) is 12.5 Å². The number of aromatic nitrogens is 1. The maximum absolute atomic E-state index is 4.51. The second-order valence-corrected chi connectivity index (χ2v) is 3.92. The van der Waals surface area contributed by atoms with Crippen LogP contribution in [0.25, 0.3) is 10.2 Å². The number of nitrogens with zero attached hydrogens (tertiary/aromatic N) is 1. The summed E-state index contributed by atoms with van der Waals surface area (Å²) in [4.78, 5) is 4.51. The maximum atomic E-state index is 4.51. The predicted molar refractivity (Wildman–Crippen MR) is 58.5 cm³/mol. The Kier molecular flexibility index (Phi) is 2.19. The number of hydrogen-bond acceptors (Lipinski definition) is 3. The number of hydrogen-bond donors (Lipinski definition) is 1. The van der Waals surface area contributed by atoms with Crippen LogP contribution in [0.5, 0.6) is 0 Å². The van der Waals surface area contributed by atoms with Gasteiger partial charge >= 0.3 is 0 Å². The molecule has 0 amide bonds. The van der Waals surface area contributed by atoms with Crippen molar-refractivity contribution in [2.75, 3.05) is 12.4 Å². The Hall–Kier alpha value is -1.09. The number of thiazole rings is 1. The zero-order chi connectivity index (χ0) is 9.26. The first-order valence-electron chi connectivity index (χ1n) is 4.41. The quantitative estimate of drug-likeness (QED) is 0.791. The SMILES string of the molecule is CCc1cccc2sc(NC)nc12. The first kappa shape index (κ1) is 8.51. The lowest BCUT2D eigenvalue weighted by Crippen LogP contribution is -1.86. The lowest BCUT2D eigenvalue weighted by Gasteiger charge is -1.95. The van der Waals surface area contributed by atoms with Crippen molar-refractivity contribution in [3.63, 3.8) is 0 Å². The number of nitrogens with one attached hydrogen (secondary N) is 1. The highest BCUT2D eigenvalue weighted by Crippen LogP contribution is 2.27. The molecule has 13 heavy (non-hydrogen) atoms. The van der Waals surface area contributed by atoms with Gasteiger partial charge in [-0.1, -0.05) is 30.4 Å². The zero-order valence-corrected chi connectivity index (χ0v) is 8.61. The number of para-hydroxylation sites is 1. The molecule has 0 aliphatic heterocycles. The van der Waals surface area contributed by atoms with Crippen molar-refractivity contribution in [2.24, 2.45) is 0 Å². The normalized spacial score (nSPS) is 10.6. The third kappa shape index (κ3) is 1.40. The van der Waals surface area contributed by atoms with E-state index in [2.05, 4.69) is 35.4 Å². The first-order valence-corrected chi connectivity index (χ1v) is 5.23. The molecule has 0 unspecified atom stereocenters. The monoisotopic (exact) mass is 192 g/mol. The highest BCUT2D eigenvalue weighted by Gasteiger charge is 2.04. The molecule has 0 atom stereocenters. The molecule has 1 aromatic heterocycles. The maximum Gasteiger partial charge on any atom is 0.183 e. The Bertz CT molecular complexity index is 420. The average Bonchev–Trinajstić information content (AvgIpc) is 2.59. The molecule has 0 saturated heterocycles. The molecule has 68 valence electrons. The van der Waals surface area contributed by atoms with Crippen LogP contribution >= 0.6 is 11.3 Å². The van der Waals surface area contributed by atoms with Crippen LogP contribution in [0, 0.1) is 0 Å². The van der Waals surface area contributed by atoms with E-state index in [9.17, 15) is 0 Å². The molecule has 1 aromatic carbocycles. The molecule has 1 heterocycles. The van der Waals surface area contributed by atoms with Gasteiger partial charge in [-0.15, -0.1) is 0 Å². The van der Waals surface area contributed by atoms with Gasteiger partial charge in [-0.3, -0.25) is 0 Å². The lowest BCUT2D eigenvalue weighted by atomic mass is 10.1. The summed E-state index contributed by atoms with van der Waals surface area (Å²) >= 11 is 1.70. The third-order valence-electron chi connectivity index (χ3n) is 2.10. The molecular formula is C10H12N2S. The minimum Gasteiger partial charge on any atom is -0.365 e. The summed E-state index contributed by atoms with van der Waals surface area (Å²) in [5, 5.41) is 4.07. The number of aryl methyl sites for hydroxylation is 1. The highest BCUT2D eigenvalue weighted by molar-refractivity contribution is 7.22. The van der Waals surface area contributed by atoms with Gasteiger partial charge in [0.15, 0.2) is 5.13 Å². The minimum atomic E-state index is 0.996. The molecule has 0 bridgehead atoms. The van der Waals surface area contributed by atoms with Crippen molar-refractivity contribution in [3.05, 3.63) is 23.8 Å². The van der Waals surface area contributed by atoms with Crippen molar-refractivity contribution in [3.8, 4) is 0 Å². The van der Waals surface area contributed by atoms with Gasteiger partial charge in [0.05, 0.1) is 10.2 Å². The fourth-order valence-electron chi connectivity index (χ4n) is 1.40. The predicted octanol–water partition coefficient (Wildman–Crippen LogP) is 2.90. The molecule has 2 aromatic rings. The molecule has 0 saturated carbocycles. The van der Waals surface area contributed by atoms with Gasteiger partial charge in [0, 0.05) is 7.05 Å². The van der Waals surface area contributed by atoms with E-state index in [0.29, 0.717) is 0 Å².